The van der Waals surface area contributed by atoms with Crippen LogP contribution in [0.5, 0.6) is 5.75 Å². The van der Waals surface area contributed by atoms with Crippen LogP contribution in [0.2, 0.25) is 0 Å². The van der Waals surface area contributed by atoms with E-state index in [-0.39, 0.29) is 5.92 Å². The maximum atomic E-state index is 12.3. The van der Waals surface area contributed by atoms with Gasteiger partial charge in [-0.15, -0.1) is 0 Å². The zero-order chi connectivity index (χ0) is 14.8. The normalized spacial score (nSPS) is 12.2. The molecule has 0 fully saturated rings. The van der Waals surface area contributed by atoms with Crippen LogP contribution in [-0.4, -0.2) is 33.4 Å². The van der Waals surface area contributed by atoms with Crippen molar-refractivity contribution in [1.82, 2.24) is 4.31 Å². The first-order valence-electron chi connectivity index (χ1n) is 6.41. The maximum Gasteiger partial charge on any atom is 0.242 e. The van der Waals surface area contributed by atoms with Crippen LogP contribution >= 0.6 is 0 Å². The summed E-state index contributed by atoms with van der Waals surface area (Å²) in [5.74, 6) is 0.978. The highest BCUT2D eigenvalue weighted by molar-refractivity contribution is 7.89. The lowest BCUT2D eigenvalue weighted by Crippen LogP contribution is -2.23. The van der Waals surface area contributed by atoms with Crippen molar-refractivity contribution >= 4 is 10.0 Å². The fourth-order valence-electron chi connectivity index (χ4n) is 1.88. The molecule has 0 N–H and O–H groups in total. The summed E-state index contributed by atoms with van der Waals surface area (Å²) in [5, 5.41) is 0. The molecule has 1 aromatic rings. The standard InChI is InChI=1S/C14H23NO3S/c1-7-18-13-8-11(4)14(9-12(13)10(2)3)19(16,17)15(5)6/h8-10H,7H2,1-6H3. The Morgan fingerprint density at radius 2 is 1.84 bits per heavy atom. The van der Waals surface area contributed by atoms with Crippen LogP contribution < -0.4 is 4.74 Å². The molecule has 19 heavy (non-hydrogen) atoms. The average molecular weight is 285 g/mol. The molecule has 0 aliphatic rings. The first-order valence-corrected chi connectivity index (χ1v) is 7.85. The van der Waals surface area contributed by atoms with Gasteiger partial charge in [-0.25, -0.2) is 12.7 Å². The van der Waals surface area contributed by atoms with E-state index < -0.39 is 10.0 Å². The zero-order valence-corrected chi connectivity index (χ0v) is 13.3. The summed E-state index contributed by atoms with van der Waals surface area (Å²) in [4.78, 5) is 0.352. The van der Waals surface area contributed by atoms with Gasteiger partial charge >= 0.3 is 0 Å². The summed E-state index contributed by atoms with van der Waals surface area (Å²) in [5.41, 5.74) is 1.63. The van der Waals surface area contributed by atoms with Crippen molar-refractivity contribution < 1.29 is 13.2 Å². The van der Waals surface area contributed by atoms with Crippen LogP contribution in [0.3, 0.4) is 0 Å². The van der Waals surface area contributed by atoms with E-state index in [4.69, 9.17) is 4.74 Å². The third-order valence-corrected chi connectivity index (χ3v) is 4.94. The van der Waals surface area contributed by atoms with Crippen molar-refractivity contribution in [2.24, 2.45) is 0 Å². The minimum Gasteiger partial charge on any atom is -0.494 e. The maximum absolute atomic E-state index is 12.3. The van der Waals surface area contributed by atoms with Gasteiger partial charge in [0.2, 0.25) is 10.0 Å². The Kier molecular flexibility index (Phi) is 4.98. The monoisotopic (exact) mass is 285 g/mol. The fraction of sp³-hybridized carbons (Fsp3) is 0.571. The Morgan fingerprint density at radius 1 is 1.26 bits per heavy atom. The first kappa shape index (κ1) is 16.0. The summed E-state index contributed by atoms with van der Waals surface area (Å²) < 4.78 is 31.4. The van der Waals surface area contributed by atoms with Crippen LogP contribution in [0.15, 0.2) is 17.0 Å². The Labute approximate surface area is 116 Å². The van der Waals surface area contributed by atoms with Crippen molar-refractivity contribution in [2.75, 3.05) is 20.7 Å². The molecule has 1 rings (SSSR count). The van der Waals surface area contributed by atoms with Gasteiger partial charge in [-0.2, -0.15) is 0 Å². The van der Waals surface area contributed by atoms with E-state index in [1.165, 1.54) is 4.31 Å². The highest BCUT2D eigenvalue weighted by Crippen LogP contribution is 2.32. The first-order chi connectivity index (χ1) is 8.71. The lowest BCUT2D eigenvalue weighted by molar-refractivity contribution is 0.334. The SMILES string of the molecule is CCOc1cc(C)c(S(=O)(=O)N(C)C)cc1C(C)C. The summed E-state index contributed by atoms with van der Waals surface area (Å²) in [6, 6.07) is 3.55. The summed E-state index contributed by atoms with van der Waals surface area (Å²) in [6.07, 6.45) is 0. The third-order valence-electron chi connectivity index (χ3n) is 2.99. The van der Waals surface area contributed by atoms with E-state index in [1.54, 1.807) is 27.1 Å². The summed E-state index contributed by atoms with van der Waals surface area (Å²) >= 11 is 0. The molecule has 0 aromatic heterocycles. The molecular weight excluding hydrogens is 262 g/mol. The molecule has 0 aliphatic heterocycles. The van der Waals surface area contributed by atoms with Crippen molar-refractivity contribution in [3.8, 4) is 5.75 Å². The molecule has 1 aromatic carbocycles. The minimum absolute atomic E-state index is 0.207. The number of nitrogens with zero attached hydrogens (tertiary/aromatic N) is 1. The second kappa shape index (κ2) is 5.92. The second-order valence-electron chi connectivity index (χ2n) is 5.03. The number of rotatable bonds is 5. The number of benzene rings is 1. The van der Waals surface area contributed by atoms with Gasteiger partial charge in [0, 0.05) is 14.1 Å². The van der Waals surface area contributed by atoms with Crippen molar-refractivity contribution in [3.05, 3.63) is 23.3 Å². The van der Waals surface area contributed by atoms with Crippen molar-refractivity contribution in [3.63, 3.8) is 0 Å². The molecule has 0 saturated heterocycles. The molecule has 0 unspecified atom stereocenters. The molecule has 5 heteroatoms. The molecule has 0 atom stereocenters. The average Bonchev–Trinajstić information content (AvgIpc) is 2.28. The lowest BCUT2D eigenvalue weighted by Gasteiger charge is -2.19. The molecule has 0 spiro atoms. The topological polar surface area (TPSA) is 46.6 Å². The molecule has 0 radical (unpaired) electrons. The molecule has 0 bridgehead atoms. The van der Waals surface area contributed by atoms with Gasteiger partial charge in [0.05, 0.1) is 11.5 Å². The van der Waals surface area contributed by atoms with Crippen LogP contribution in [0.1, 0.15) is 37.8 Å². The van der Waals surface area contributed by atoms with Crippen LogP contribution in [0, 0.1) is 6.92 Å². The molecule has 0 saturated carbocycles. The van der Waals surface area contributed by atoms with Gasteiger partial charge in [0.25, 0.3) is 0 Å². The van der Waals surface area contributed by atoms with E-state index in [2.05, 4.69) is 0 Å². The van der Waals surface area contributed by atoms with Crippen molar-refractivity contribution in [2.45, 2.75) is 38.5 Å². The number of hydrogen-bond acceptors (Lipinski definition) is 3. The number of ether oxygens (including phenoxy) is 1. The Balaban J connectivity index is 3.49. The van der Waals surface area contributed by atoms with Gasteiger partial charge in [-0.3, -0.25) is 0 Å². The molecular formula is C14H23NO3S. The molecule has 4 nitrogen and oxygen atoms in total. The molecule has 0 aliphatic carbocycles. The zero-order valence-electron chi connectivity index (χ0n) is 12.5. The van der Waals surface area contributed by atoms with Gasteiger partial charge in [-0.05, 0) is 43.0 Å². The van der Waals surface area contributed by atoms with Gasteiger partial charge in [0.15, 0.2) is 0 Å². The van der Waals surface area contributed by atoms with Gasteiger partial charge in [-0.1, -0.05) is 13.8 Å². The quantitative estimate of drug-likeness (QED) is 0.835. The van der Waals surface area contributed by atoms with Gasteiger partial charge < -0.3 is 4.74 Å². The van der Waals surface area contributed by atoms with E-state index in [1.807, 2.05) is 26.8 Å². The summed E-state index contributed by atoms with van der Waals surface area (Å²) in [6.45, 7) is 8.34. The van der Waals surface area contributed by atoms with Crippen LogP contribution in [-0.2, 0) is 10.0 Å². The van der Waals surface area contributed by atoms with Gasteiger partial charge in [0.1, 0.15) is 5.75 Å². The van der Waals surface area contributed by atoms with Crippen LogP contribution in [0.4, 0.5) is 0 Å². The second-order valence-corrected chi connectivity index (χ2v) is 7.15. The predicted octanol–water partition coefficient (Wildman–Crippen LogP) is 2.77. The fourth-order valence-corrected chi connectivity index (χ4v) is 3.02. The number of hydrogen-bond donors (Lipinski definition) is 0. The number of sulfonamides is 1. The lowest BCUT2D eigenvalue weighted by atomic mass is 10.0. The largest absolute Gasteiger partial charge is 0.494 e. The molecule has 0 heterocycles. The van der Waals surface area contributed by atoms with E-state index in [0.29, 0.717) is 17.1 Å². The molecule has 108 valence electrons. The predicted molar refractivity (Wildman–Crippen MR) is 77.3 cm³/mol. The van der Waals surface area contributed by atoms with E-state index >= 15 is 0 Å². The van der Waals surface area contributed by atoms with Crippen LogP contribution in [0.25, 0.3) is 0 Å². The van der Waals surface area contributed by atoms with E-state index in [0.717, 1.165) is 11.3 Å². The minimum atomic E-state index is -3.42. The summed E-state index contributed by atoms with van der Waals surface area (Å²) in [7, 11) is -0.334. The van der Waals surface area contributed by atoms with Crippen molar-refractivity contribution in [1.29, 1.82) is 0 Å². The van der Waals surface area contributed by atoms with E-state index in [9.17, 15) is 8.42 Å². The molecule has 0 amide bonds. The highest BCUT2D eigenvalue weighted by Gasteiger charge is 2.22. The highest BCUT2D eigenvalue weighted by atomic mass is 32.2. The Morgan fingerprint density at radius 3 is 2.26 bits per heavy atom. The Hall–Kier alpha value is -1.07. The smallest absolute Gasteiger partial charge is 0.242 e. The number of aryl methyl sites for hydroxylation is 1. The third kappa shape index (κ3) is 3.28. The Bertz CT molecular complexity index is 548.